The average Bonchev–Trinajstić information content (AvgIpc) is 3.76. The number of nitriles is 2. The number of rotatable bonds is 9. The zero-order chi connectivity index (χ0) is 47.1. The fourth-order valence-corrected chi connectivity index (χ4v) is 10.8. The first-order chi connectivity index (χ1) is 34.5. The molecule has 1 aliphatic heterocycles. The fraction of sp³-hybridized carbons (Fsp3) is 0.0938. The van der Waals surface area contributed by atoms with Gasteiger partial charge in [-0.3, -0.25) is 0 Å². The molecule has 2 heterocycles. The van der Waals surface area contributed by atoms with Crippen LogP contribution in [0.25, 0.3) is 33.8 Å². The van der Waals surface area contributed by atoms with Gasteiger partial charge in [-0.25, -0.2) is 0 Å². The van der Waals surface area contributed by atoms with Crippen molar-refractivity contribution in [2.24, 2.45) is 5.92 Å². The Morgan fingerprint density at radius 3 is 1.87 bits per heavy atom. The van der Waals surface area contributed by atoms with Gasteiger partial charge in [0.2, 0.25) is 0 Å². The minimum absolute atomic E-state index is 0.144. The van der Waals surface area contributed by atoms with Crippen LogP contribution in [-0.4, -0.2) is 10.6 Å². The Morgan fingerprint density at radius 1 is 0.586 bits per heavy atom. The third-order valence-corrected chi connectivity index (χ3v) is 14.1. The molecule has 6 heteroatoms. The van der Waals surface area contributed by atoms with Crippen molar-refractivity contribution in [3.8, 4) is 23.3 Å². The number of benzene rings is 7. The average molecular weight is 901 g/mol. The van der Waals surface area contributed by atoms with Crippen LogP contribution >= 0.6 is 0 Å². The van der Waals surface area contributed by atoms with Crippen LogP contribution in [0.5, 0.6) is 0 Å². The molecule has 6 nitrogen and oxygen atoms in total. The number of hydrogen-bond donors (Lipinski definition) is 0. The summed E-state index contributed by atoms with van der Waals surface area (Å²) in [6.45, 7) is 2.29. The highest BCUT2D eigenvalue weighted by Crippen LogP contribution is 2.50. The molecule has 70 heavy (non-hydrogen) atoms. The molecule has 0 saturated carbocycles. The van der Waals surface area contributed by atoms with E-state index in [2.05, 4.69) is 220 Å². The smallest absolute Gasteiger partial charge is 0.0991 e. The first-order valence-corrected chi connectivity index (χ1v) is 24.1. The monoisotopic (exact) mass is 900 g/mol. The molecular weight excluding hydrogens is 853 g/mol. The predicted octanol–water partition coefficient (Wildman–Crippen LogP) is 16.0. The van der Waals surface area contributed by atoms with Crippen molar-refractivity contribution in [3.63, 3.8) is 0 Å². The molecule has 0 radical (unpaired) electrons. The van der Waals surface area contributed by atoms with Gasteiger partial charge in [0.15, 0.2) is 0 Å². The molecule has 3 aliphatic carbocycles. The normalized spacial score (nSPS) is 17.4. The highest BCUT2D eigenvalue weighted by Gasteiger charge is 2.39. The van der Waals surface area contributed by atoms with Crippen LogP contribution in [0.15, 0.2) is 230 Å². The topological polar surface area (TPSA) is 62.2 Å². The number of fused-ring (bicyclic) bond motifs is 6. The Morgan fingerprint density at radius 2 is 1.20 bits per heavy atom. The quantitative estimate of drug-likeness (QED) is 0.144. The number of allylic oxidation sites excluding steroid dienone is 8. The van der Waals surface area contributed by atoms with Crippen LogP contribution in [0.3, 0.4) is 0 Å². The van der Waals surface area contributed by atoms with Crippen molar-refractivity contribution >= 4 is 62.5 Å². The van der Waals surface area contributed by atoms with E-state index in [0.717, 1.165) is 58.1 Å². The van der Waals surface area contributed by atoms with E-state index < -0.39 is 0 Å². The van der Waals surface area contributed by atoms with Crippen molar-refractivity contribution < 1.29 is 0 Å². The highest BCUT2D eigenvalue weighted by atomic mass is 15.2. The van der Waals surface area contributed by atoms with Gasteiger partial charge in [-0.05, 0) is 168 Å². The second-order valence-electron chi connectivity index (χ2n) is 18.4. The van der Waals surface area contributed by atoms with Gasteiger partial charge in [-0.2, -0.15) is 10.5 Å². The predicted molar refractivity (Wildman–Crippen MR) is 288 cm³/mol. The van der Waals surface area contributed by atoms with Crippen molar-refractivity contribution in [2.75, 3.05) is 14.7 Å². The van der Waals surface area contributed by atoms with Crippen LogP contribution < -0.4 is 14.7 Å². The van der Waals surface area contributed by atoms with Crippen molar-refractivity contribution in [2.45, 2.75) is 31.7 Å². The molecule has 7 aromatic carbocycles. The first-order valence-electron chi connectivity index (χ1n) is 24.1. The molecule has 0 amide bonds. The molecule has 0 bridgehead atoms. The van der Waals surface area contributed by atoms with Crippen molar-refractivity contribution in [1.29, 1.82) is 10.5 Å². The second kappa shape index (κ2) is 17.8. The number of hydrogen-bond acceptors (Lipinski definition) is 5. The maximum atomic E-state index is 9.72. The maximum absolute atomic E-state index is 9.72. The van der Waals surface area contributed by atoms with Crippen LogP contribution in [0, 0.1) is 28.6 Å². The third-order valence-electron chi connectivity index (χ3n) is 14.1. The largest absolute Gasteiger partial charge is 0.333 e. The lowest BCUT2D eigenvalue weighted by molar-refractivity contribution is 0.718. The molecular formula is C64H48N6. The van der Waals surface area contributed by atoms with E-state index in [-0.39, 0.29) is 12.0 Å². The van der Waals surface area contributed by atoms with Gasteiger partial charge in [-0.15, -0.1) is 0 Å². The van der Waals surface area contributed by atoms with Gasteiger partial charge in [0.25, 0.3) is 0 Å². The van der Waals surface area contributed by atoms with Crippen LogP contribution in [-0.2, 0) is 6.42 Å². The molecule has 0 spiro atoms. The molecule has 2 unspecified atom stereocenters. The summed E-state index contributed by atoms with van der Waals surface area (Å²) in [5.74, 6) is 0.587. The second-order valence-corrected chi connectivity index (χ2v) is 18.4. The third kappa shape index (κ3) is 7.53. The summed E-state index contributed by atoms with van der Waals surface area (Å²) < 4.78 is 2.42. The van der Waals surface area contributed by atoms with Gasteiger partial charge in [0.1, 0.15) is 0 Å². The van der Waals surface area contributed by atoms with Crippen LogP contribution in [0.1, 0.15) is 47.2 Å². The summed E-state index contributed by atoms with van der Waals surface area (Å²) in [6, 6.07) is 64.3. The first kappa shape index (κ1) is 42.3. The van der Waals surface area contributed by atoms with E-state index in [1.165, 1.54) is 44.8 Å². The summed E-state index contributed by atoms with van der Waals surface area (Å²) in [5, 5.41) is 20.7. The van der Waals surface area contributed by atoms with E-state index in [0.29, 0.717) is 17.0 Å². The summed E-state index contributed by atoms with van der Waals surface area (Å²) in [5.41, 5.74) is 18.3. The minimum Gasteiger partial charge on any atom is -0.333 e. The van der Waals surface area contributed by atoms with E-state index in [9.17, 15) is 10.5 Å². The van der Waals surface area contributed by atoms with E-state index in [4.69, 9.17) is 0 Å². The van der Waals surface area contributed by atoms with Crippen molar-refractivity contribution in [3.05, 3.63) is 258 Å². The fourth-order valence-electron chi connectivity index (χ4n) is 10.8. The highest BCUT2D eigenvalue weighted by molar-refractivity contribution is 5.97. The van der Waals surface area contributed by atoms with Crippen molar-refractivity contribution in [1.82, 2.24) is 4.57 Å². The standard InChI is InChI=1S/C64H48N6/c1-44-17-36-62-58(39-44)60-41-56(35-38-64(60)70(62)50-11-5-2-3-6-12-50)68(52-28-20-46(43-66)21-29-52)54-32-24-48(25-33-54)47-22-30-53(31-23-47)67(51-26-18-45(42-65)19-27-51)55-34-37-63-59(40-55)57-15-9-10-16-61(57)69(63)49-13-7-4-8-14-49/h2-5,7-38,40-41,44,59,63H,6,39H2,1H3/t44?,59-,63?/m1/s1. The number of aromatic nitrogens is 1. The van der Waals surface area contributed by atoms with Crippen LogP contribution in [0.2, 0.25) is 0 Å². The van der Waals surface area contributed by atoms with Gasteiger partial charge < -0.3 is 19.3 Å². The molecule has 8 aromatic rings. The SMILES string of the molecule is CC1C=Cc2c(c3cc(N(c4ccc(C#N)cc4)c4ccc(-c5ccc(N(C6=C[C@@H]7c8ccccc8N(c8ccccc8)C7C=C6)c6ccc(C#N)cc6)cc5)cc4)ccc3n2C2=CCC=CC=C2)C1. The number of anilines is 7. The van der Waals surface area contributed by atoms with E-state index in [1.807, 2.05) is 48.5 Å². The lowest BCUT2D eigenvalue weighted by atomic mass is 9.89. The van der Waals surface area contributed by atoms with Gasteiger partial charge >= 0.3 is 0 Å². The Balaban J connectivity index is 0.889. The molecule has 1 aromatic heterocycles. The molecule has 12 rings (SSSR count). The summed E-state index contributed by atoms with van der Waals surface area (Å²) >= 11 is 0. The Bertz CT molecular complexity index is 3570. The van der Waals surface area contributed by atoms with Gasteiger partial charge in [-0.1, -0.05) is 110 Å². The Kier molecular flexibility index (Phi) is 10.8. The summed E-state index contributed by atoms with van der Waals surface area (Å²) in [6.07, 6.45) is 24.4. The zero-order valence-electron chi connectivity index (χ0n) is 38.8. The zero-order valence-corrected chi connectivity index (χ0v) is 38.8. The molecule has 0 saturated heterocycles. The van der Waals surface area contributed by atoms with E-state index >= 15 is 0 Å². The molecule has 0 N–H and O–H groups in total. The number of nitrogens with zero attached hydrogens (tertiary/aromatic N) is 6. The maximum Gasteiger partial charge on any atom is 0.0991 e. The van der Waals surface area contributed by atoms with Gasteiger partial charge in [0, 0.05) is 68.2 Å². The Labute approximate surface area is 409 Å². The van der Waals surface area contributed by atoms with Gasteiger partial charge in [0.05, 0.1) is 34.8 Å². The van der Waals surface area contributed by atoms with E-state index in [1.54, 1.807) is 0 Å². The van der Waals surface area contributed by atoms with Crippen LogP contribution in [0.4, 0.5) is 39.8 Å². The summed E-state index contributed by atoms with van der Waals surface area (Å²) in [7, 11) is 0. The lowest BCUT2D eigenvalue weighted by Gasteiger charge is -2.33. The molecule has 3 atom stereocenters. The Hall–Kier alpha value is -9.10. The summed E-state index contributed by atoms with van der Waals surface area (Å²) in [4.78, 5) is 7.04. The molecule has 334 valence electrons. The minimum atomic E-state index is 0.144. The number of para-hydroxylation sites is 2. The molecule has 0 fully saturated rings. The molecule has 4 aliphatic rings. The lowest BCUT2D eigenvalue weighted by Crippen LogP contribution is -2.30.